The molecular formula is C21H15F5N2O2S. The quantitative estimate of drug-likeness (QED) is 0.276. The SMILES string of the molecule is Cc1ccsc1C(=O)Nc1cc(C(=N)OCC(F)(F)F)ccc1-c1cc(F)cc(F)c1. The van der Waals surface area contributed by atoms with Crippen LogP contribution in [0.25, 0.3) is 11.1 Å². The van der Waals surface area contributed by atoms with E-state index in [0.29, 0.717) is 16.5 Å². The number of benzene rings is 2. The van der Waals surface area contributed by atoms with Crippen LogP contribution in [0.2, 0.25) is 0 Å². The first-order chi connectivity index (χ1) is 14.5. The molecule has 3 rings (SSSR count). The number of carbonyl (C=O) groups excluding carboxylic acids is 1. The van der Waals surface area contributed by atoms with E-state index in [1.165, 1.54) is 29.5 Å². The van der Waals surface area contributed by atoms with Gasteiger partial charge in [0.2, 0.25) is 5.90 Å². The molecule has 0 unspecified atom stereocenters. The molecule has 162 valence electrons. The number of nitrogens with one attached hydrogen (secondary N) is 2. The smallest absolute Gasteiger partial charge is 0.422 e. The highest BCUT2D eigenvalue weighted by molar-refractivity contribution is 7.12. The van der Waals surface area contributed by atoms with Gasteiger partial charge < -0.3 is 10.1 Å². The molecule has 0 aliphatic rings. The lowest BCUT2D eigenvalue weighted by atomic mass is 10.0. The van der Waals surface area contributed by atoms with Crippen molar-refractivity contribution >= 4 is 28.8 Å². The largest absolute Gasteiger partial charge is 0.468 e. The Morgan fingerprint density at radius 3 is 2.35 bits per heavy atom. The van der Waals surface area contributed by atoms with Crippen molar-refractivity contribution in [1.82, 2.24) is 0 Å². The summed E-state index contributed by atoms with van der Waals surface area (Å²) in [5.74, 6) is -2.96. The molecule has 1 amide bonds. The second-order valence-electron chi connectivity index (χ2n) is 6.54. The van der Waals surface area contributed by atoms with Crippen LogP contribution >= 0.6 is 11.3 Å². The molecule has 0 saturated carbocycles. The fourth-order valence-corrected chi connectivity index (χ4v) is 3.59. The molecule has 1 heterocycles. The van der Waals surface area contributed by atoms with Crippen molar-refractivity contribution < 1.29 is 31.5 Å². The fourth-order valence-electron chi connectivity index (χ4n) is 2.77. The van der Waals surface area contributed by atoms with Gasteiger partial charge in [-0.3, -0.25) is 10.2 Å². The molecule has 3 aromatic rings. The number of carbonyl (C=O) groups is 1. The number of thiophene rings is 1. The maximum absolute atomic E-state index is 13.7. The number of aryl methyl sites for hydroxylation is 1. The van der Waals surface area contributed by atoms with E-state index >= 15 is 0 Å². The molecule has 0 atom stereocenters. The van der Waals surface area contributed by atoms with Crippen molar-refractivity contribution in [3.63, 3.8) is 0 Å². The number of alkyl halides is 3. The van der Waals surface area contributed by atoms with Crippen molar-refractivity contribution in [3.05, 3.63) is 75.5 Å². The van der Waals surface area contributed by atoms with E-state index in [9.17, 15) is 26.7 Å². The summed E-state index contributed by atoms with van der Waals surface area (Å²) in [6.45, 7) is 0.0735. The zero-order valence-corrected chi connectivity index (χ0v) is 16.8. The van der Waals surface area contributed by atoms with Crippen LogP contribution in [0.4, 0.5) is 27.6 Å². The van der Waals surface area contributed by atoms with Gasteiger partial charge in [-0.25, -0.2) is 8.78 Å². The first-order valence-electron chi connectivity index (χ1n) is 8.78. The van der Waals surface area contributed by atoms with E-state index in [-0.39, 0.29) is 22.4 Å². The van der Waals surface area contributed by atoms with Crippen LogP contribution in [0.1, 0.15) is 20.8 Å². The van der Waals surface area contributed by atoms with E-state index in [0.717, 1.165) is 12.1 Å². The fraction of sp³-hybridized carbons (Fsp3) is 0.143. The van der Waals surface area contributed by atoms with Gasteiger partial charge in [0.05, 0.1) is 4.88 Å². The molecule has 0 aliphatic carbocycles. The molecule has 2 N–H and O–H groups in total. The van der Waals surface area contributed by atoms with Crippen molar-refractivity contribution in [2.24, 2.45) is 0 Å². The second kappa shape index (κ2) is 8.84. The van der Waals surface area contributed by atoms with Crippen molar-refractivity contribution in [2.75, 3.05) is 11.9 Å². The van der Waals surface area contributed by atoms with Crippen molar-refractivity contribution in [3.8, 4) is 11.1 Å². The molecule has 10 heteroatoms. The molecule has 1 aromatic heterocycles. The number of ether oxygens (including phenoxy) is 1. The van der Waals surface area contributed by atoms with E-state index in [1.807, 2.05) is 0 Å². The minimum absolute atomic E-state index is 0.0527. The molecule has 0 fully saturated rings. The summed E-state index contributed by atoms with van der Waals surface area (Å²) in [6, 6.07) is 8.35. The van der Waals surface area contributed by atoms with Crippen LogP contribution < -0.4 is 5.32 Å². The van der Waals surface area contributed by atoms with Gasteiger partial charge in [0.1, 0.15) is 11.6 Å². The van der Waals surface area contributed by atoms with Crippen molar-refractivity contribution in [1.29, 1.82) is 5.41 Å². The van der Waals surface area contributed by atoms with Gasteiger partial charge in [0, 0.05) is 22.9 Å². The van der Waals surface area contributed by atoms with Gasteiger partial charge in [-0.05, 0) is 53.8 Å². The molecule has 31 heavy (non-hydrogen) atoms. The van der Waals surface area contributed by atoms with Gasteiger partial charge in [-0.2, -0.15) is 13.2 Å². The third kappa shape index (κ3) is 5.66. The molecule has 0 aliphatic heterocycles. The Morgan fingerprint density at radius 1 is 1.10 bits per heavy atom. The highest BCUT2D eigenvalue weighted by atomic mass is 32.1. The first-order valence-corrected chi connectivity index (χ1v) is 9.66. The summed E-state index contributed by atoms with van der Waals surface area (Å²) < 4.78 is 69.1. The lowest BCUT2D eigenvalue weighted by molar-refractivity contribution is -0.156. The Hall–Kier alpha value is -3.27. The Bertz CT molecular complexity index is 1120. The Morgan fingerprint density at radius 2 is 1.77 bits per heavy atom. The number of anilines is 1. The Labute approximate surface area is 177 Å². The van der Waals surface area contributed by atoms with Crippen LogP contribution in [0.5, 0.6) is 0 Å². The van der Waals surface area contributed by atoms with Crippen LogP contribution in [0.15, 0.2) is 47.8 Å². The summed E-state index contributed by atoms with van der Waals surface area (Å²) in [5, 5.41) is 12.1. The minimum atomic E-state index is -4.63. The number of halogens is 5. The maximum atomic E-state index is 13.7. The zero-order chi connectivity index (χ0) is 22.8. The first kappa shape index (κ1) is 22.4. The van der Waals surface area contributed by atoms with E-state index in [1.54, 1.807) is 18.4 Å². The topological polar surface area (TPSA) is 62.2 Å². The summed E-state index contributed by atoms with van der Waals surface area (Å²) in [7, 11) is 0. The number of hydrogen-bond donors (Lipinski definition) is 2. The zero-order valence-electron chi connectivity index (χ0n) is 15.9. The van der Waals surface area contributed by atoms with Crippen LogP contribution in [0.3, 0.4) is 0 Å². The Kier molecular flexibility index (Phi) is 6.40. The minimum Gasteiger partial charge on any atom is -0.468 e. The Balaban J connectivity index is 2.01. The number of amides is 1. The molecule has 2 aromatic carbocycles. The average Bonchev–Trinajstić information content (AvgIpc) is 3.10. The lowest BCUT2D eigenvalue weighted by Gasteiger charge is -2.15. The summed E-state index contributed by atoms with van der Waals surface area (Å²) in [6.07, 6.45) is -4.63. The highest BCUT2D eigenvalue weighted by Gasteiger charge is 2.29. The normalized spacial score (nSPS) is 11.3. The van der Waals surface area contributed by atoms with Crippen molar-refractivity contribution in [2.45, 2.75) is 13.1 Å². The molecule has 0 saturated heterocycles. The van der Waals surface area contributed by atoms with E-state index in [4.69, 9.17) is 5.41 Å². The number of rotatable bonds is 5. The van der Waals surface area contributed by atoms with Gasteiger partial charge in [0.25, 0.3) is 5.91 Å². The third-order valence-electron chi connectivity index (χ3n) is 4.15. The van der Waals surface area contributed by atoms with Gasteiger partial charge in [0.15, 0.2) is 6.61 Å². The standard InChI is InChI=1S/C21H15F5N2O2S/c1-11-4-5-31-18(11)20(29)28-17-8-12(19(27)30-10-21(24,25)26)2-3-16(17)13-6-14(22)9-15(23)7-13/h2-9,27H,10H2,1H3,(H,28,29). The average molecular weight is 454 g/mol. The maximum Gasteiger partial charge on any atom is 0.422 e. The van der Waals surface area contributed by atoms with Crippen LogP contribution in [-0.2, 0) is 4.74 Å². The predicted octanol–water partition coefficient (Wildman–Crippen LogP) is 6.16. The predicted molar refractivity (Wildman–Crippen MR) is 108 cm³/mol. The molecule has 4 nitrogen and oxygen atoms in total. The molecule has 0 radical (unpaired) electrons. The molecule has 0 spiro atoms. The molecule has 0 bridgehead atoms. The van der Waals surface area contributed by atoms with E-state index in [2.05, 4.69) is 10.1 Å². The van der Waals surface area contributed by atoms with Gasteiger partial charge in [-0.1, -0.05) is 6.07 Å². The summed E-state index contributed by atoms with van der Waals surface area (Å²) in [5.41, 5.74) is 1.03. The third-order valence-corrected chi connectivity index (χ3v) is 5.17. The monoisotopic (exact) mass is 454 g/mol. The number of hydrogen-bond acceptors (Lipinski definition) is 4. The second-order valence-corrected chi connectivity index (χ2v) is 7.45. The summed E-state index contributed by atoms with van der Waals surface area (Å²) >= 11 is 1.18. The van der Waals surface area contributed by atoms with Gasteiger partial charge in [-0.15, -0.1) is 11.3 Å². The summed E-state index contributed by atoms with van der Waals surface area (Å²) in [4.78, 5) is 13.1. The highest BCUT2D eigenvalue weighted by Crippen LogP contribution is 2.32. The van der Waals surface area contributed by atoms with Gasteiger partial charge >= 0.3 is 6.18 Å². The van der Waals surface area contributed by atoms with E-state index < -0.39 is 36.2 Å². The van der Waals surface area contributed by atoms with Crippen LogP contribution in [-0.4, -0.2) is 24.6 Å². The molecular weight excluding hydrogens is 439 g/mol. The van der Waals surface area contributed by atoms with Crippen LogP contribution in [0, 0.1) is 24.0 Å². The lowest BCUT2D eigenvalue weighted by Crippen LogP contribution is -2.20.